The monoisotopic (exact) mass is 333 g/mol. The topological polar surface area (TPSA) is 48.4 Å². The molecule has 1 aromatic heterocycles. The van der Waals surface area contributed by atoms with Gasteiger partial charge < -0.3 is 9.47 Å². The van der Waals surface area contributed by atoms with Gasteiger partial charge >= 0.3 is 5.97 Å². The number of nitrogens with zero attached hydrogens (tertiary/aromatic N) is 1. The molecular weight excluding hydrogens is 314 g/mol. The molecule has 3 rings (SSSR count). The number of rotatable bonds is 5. The Balaban J connectivity index is 1.64. The quantitative estimate of drug-likeness (QED) is 0.516. The smallest absolute Gasteiger partial charge is 0.331 e. The highest BCUT2D eigenvalue weighted by molar-refractivity contribution is 5.90. The Hall–Kier alpha value is -3.14. The fourth-order valence-electron chi connectivity index (χ4n) is 2.54. The molecule has 3 aromatic rings. The largest absolute Gasteiger partial charge is 0.497 e. The molecule has 0 radical (unpaired) electrons. The van der Waals surface area contributed by atoms with Gasteiger partial charge in [-0.05, 0) is 59.2 Å². The highest BCUT2D eigenvalue weighted by Crippen LogP contribution is 2.22. The van der Waals surface area contributed by atoms with Gasteiger partial charge in [-0.25, -0.2) is 4.79 Å². The highest BCUT2D eigenvalue weighted by atomic mass is 16.5. The second-order valence-electron chi connectivity index (χ2n) is 5.78. The number of ether oxygens (including phenoxy) is 2. The van der Waals surface area contributed by atoms with Crippen LogP contribution in [0.2, 0.25) is 0 Å². The first-order valence-electron chi connectivity index (χ1n) is 7.97. The van der Waals surface area contributed by atoms with E-state index < -0.39 is 0 Å². The number of hydrogen-bond donors (Lipinski definition) is 0. The standard InChI is InChI=1S/C21H19NO3/c1-15-9-17(13-22-12-15)14-25-21(23)8-4-16-3-5-19-11-20(24-2)7-6-18(19)10-16/h3-13H,14H2,1-2H3/b8-4+. The van der Waals surface area contributed by atoms with Crippen LogP contribution in [0.25, 0.3) is 16.8 Å². The zero-order chi connectivity index (χ0) is 17.6. The van der Waals surface area contributed by atoms with Crippen LogP contribution in [-0.4, -0.2) is 18.1 Å². The lowest BCUT2D eigenvalue weighted by Gasteiger charge is -2.04. The molecule has 0 spiro atoms. The van der Waals surface area contributed by atoms with Crippen LogP contribution in [-0.2, 0) is 16.1 Å². The molecule has 0 saturated heterocycles. The van der Waals surface area contributed by atoms with E-state index in [2.05, 4.69) is 4.98 Å². The van der Waals surface area contributed by atoms with Gasteiger partial charge in [-0.15, -0.1) is 0 Å². The van der Waals surface area contributed by atoms with Crippen LogP contribution in [0.1, 0.15) is 16.7 Å². The minimum absolute atomic E-state index is 0.218. The van der Waals surface area contributed by atoms with Crippen LogP contribution in [0.4, 0.5) is 0 Å². The first kappa shape index (κ1) is 16.7. The molecule has 126 valence electrons. The summed E-state index contributed by atoms with van der Waals surface area (Å²) in [5, 5.41) is 2.17. The van der Waals surface area contributed by atoms with Gasteiger partial charge in [0, 0.05) is 24.0 Å². The average molecular weight is 333 g/mol. The number of carbonyl (C=O) groups excluding carboxylic acids is 1. The minimum Gasteiger partial charge on any atom is -0.497 e. The van der Waals surface area contributed by atoms with Crippen molar-refractivity contribution in [3.63, 3.8) is 0 Å². The van der Waals surface area contributed by atoms with Crippen molar-refractivity contribution in [3.8, 4) is 5.75 Å². The molecule has 0 amide bonds. The van der Waals surface area contributed by atoms with Crippen molar-refractivity contribution in [2.75, 3.05) is 7.11 Å². The number of fused-ring (bicyclic) bond motifs is 1. The number of carbonyl (C=O) groups is 1. The fourth-order valence-corrected chi connectivity index (χ4v) is 2.54. The van der Waals surface area contributed by atoms with E-state index in [0.717, 1.165) is 33.2 Å². The second-order valence-corrected chi connectivity index (χ2v) is 5.78. The minimum atomic E-state index is -0.378. The number of pyridine rings is 1. The Bertz CT molecular complexity index is 931. The third-order valence-electron chi connectivity index (χ3n) is 3.80. The van der Waals surface area contributed by atoms with Crippen molar-refractivity contribution in [3.05, 3.63) is 77.6 Å². The summed E-state index contributed by atoms with van der Waals surface area (Å²) in [6, 6.07) is 13.8. The number of aromatic nitrogens is 1. The maximum atomic E-state index is 11.9. The van der Waals surface area contributed by atoms with E-state index >= 15 is 0 Å². The Morgan fingerprint density at radius 1 is 1.08 bits per heavy atom. The van der Waals surface area contributed by atoms with Crippen molar-refractivity contribution in [1.82, 2.24) is 4.98 Å². The lowest BCUT2D eigenvalue weighted by atomic mass is 10.1. The number of hydrogen-bond acceptors (Lipinski definition) is 4. The van der Waals surface area contributed by atoms with Crippen LogP contribution < -0.4 is 4.74 Å². The Kier molecular flexibility index (Phi) is 5.09. The molecule has 0 N–H and O–H groups in total. The summed E-state index contributed by atoms with van der Waals surface area (Å²) >= 11 is 0. The summed E-state index contributed by atoms with van der Waals surface area (Å²) < 4.78 is 10.5. The summed E-state index contributed by atoms with van der Waals surface area (Å²) in [6.07, 6.45) is 6.65. The molecule has 0 bridgehead atoms. The molecule has 0 aliphatic rings. The van der Waals surface area contributed by atoms with Crippen molar-refractivity contribution >= 4 is 22.8 Å². The second kappa shape index (κ2) is 7.62. The van der Waals surface area contributed by atoms with E-state index in [1.807, 2.05) is 49.4 Å². The number of methoxy groups -OCH3 is 1. The van der Waals surface area contributed by atoms with Gasteiger partial charge in [-0.3, -0.25) is 4.98 Å². The van der Waals surface area contributed by atoms with Gasteiger partial charge in [-0.1, -0.05) is 18.2 Å². The molecule has 25 heavy (non-hydrogen) atoms. The van der Waals surface area contributed by atoms with Crippen LogP contribution >= 0.6 is 0 Å². The molecule has 4 heteroatoms. The zero-order valence-corrected chi connectivity index (χ0v) is 14.2. The maximum Gasteiger partial charge on any atom is 0.331 e. The van der Waals surface area contributed by atoms with Gasteiger partial charge in [0.1, 0.15) is 12.4 Å². The van der Waals surface area contributed by atoms with Crippen molar-refractivity contribution in [2.24, 2.45) is 0 Å². The zero-order valence-electron chi connectivity index (χ0n) is 14.2. The summed E-state index contributed by atoms with van der Waals surface area (Å²) in [4.78, 5) is 16.0. The van der Waals surface area contributed by atoms with Crippen LogP contribution in [0.15, 0.2) is 60.9 Å². The lowest BCUT2D eigenvalue weighted by molar-refractivity contribution is -0.138. The molecular formula is C21H19NO3. The van der Waals surface area contributed by atoms with Crippen molar-refractivity contribution in [1.29, 1.82) is 0 Å². The van der Waals surface area contributed by atoms with Crippen LogP contribution in [0.3, 0.4) is 0 Å². The predicted molar refractivity (Wildman–Crippen MR) is 98.3 cm³/mol. The normalized spacial score (nSPS) is 11.0. The van der Waals surface area contributed by atoms with Gasteiger partial charge in [0.25, 0.3) is 0 Å². The molecule has 2 aromatic carbocycles. The van der Waals surface area contributed by atoms with Crippen molar-refractivity contribution in [2.45, 2.75) is 13.5 Å². The molecule has 0 aliphatic carbocycles. The summed E-state index contributed by atoms with van der Waals surface area (Å²) in [5.74, 6) is 0.446. The summed E-state index contributed by atoms with van der Waals surface area (Å²) in [6.45, 7) is 2.17. The van der Waals surface area contributed by atoms with Gasteiger partial charge in [0.2, 0.25) is 0 Å². The Labute approximate surface area is 146 Å². The molecule has 4 nitrogen and oxygen atoms in total. The van der Waals surface area contributed by atoms with Crippen molar-refractivity contribution < 1.29 is 14.3 Å². The van der Waals surface area contributed by atoms with Gasteiger partial charge in [0.15, 0.2) is 0 Å². The molecule has 0 unspecified atom stereocenters. The molecule has 0 atom stereocenters. The van der Waals surface area contributed by atoms with E-state index in [1.165, 1.54) is 6.08 Å². The van der Waals surface area contributed by atoms with E-state index in [0.29, 0.717) is 0 Å². The first-order valence-corrected chi connectivity index (χ1v) is 7.97. The van der Waals surface area contributed by atoms with E-state index in [1.54, 1.807) is 25.6 Å². The molecule has 0 aliphatic heterocycles. The van der Waals surface area contributed by atoms with Gasteiger partial charge in [0.05, 0.1) is 7.11 Å². The third kappa shape index (κ3) is 4.44. The fraction of sp³-hybridized carbons (Fsp3) is 0.143. The van der Waals surface area contributed by atoms with Gasteiger partial charge in [-0.2, -0.15) is 0 Å². The predicted octanol–water partition coefficient (Wildman–Crippen LogP) is 4.31. The van der Waals surface area contributed by atoms with Crippen LogP contribution in [0.5, 0.6) is 5.75 Å². The maximum absolute atomic E-state index is 11.9. The number of benzene rings is 2. The Morgan fingerprint density at radius 2 is 1.88 bits per heavy atom. The molecule has 0 fully saturated rings. The first-order chi connectivity index (χ1) is 12.1. The van der Waals surface area contributed by atoms with E-state index in [-0.39, 0.29) is 12.6 Å². The Morgan fingerprint density at radius 3 is 2.68 bits per heavy atom. The highest BCUT2D eigenvalue weighted by Gasteiger charge is 2.01. The lowest BCUT2D eigenvalue weighted by Crippen LogP contribution is -2.01. The van der Waals surface area contributed by atoms with Crippen LogP contribution in [0, 0.1) is 6.92 Å². The SMILES string of the molecule is COc1ccc2cc(/C=C/C(=O)OCc3cncc(C)c3)ccc2c1. The molecule has 1 heterocycles. The third-order valence-corrected chi connectivity index (χ3v) is 3.80. The summed E-state index contributed by atoms with van der Waals surface area (Å²) in [7, 11) is 1.65. The molecule has 0 saturated carbocycles. The average Bonchev–Trinajstić information content (AvgIpc) is 2.64. The van der Waals surface area contributed by atoms with E-state index in [9.17, 15) is 4.79 Å². The van der Waals surface area contributed by atoms with E-state index in [4.69, 9.17) is 9.47 Å². The summed E-state index contributed by atoms with van der Waals surface area (Å²) in [5.41, 5.74) is 2.85. The number of esters is 1. The number of aryl methyl sites for hydroxylation is 1.